The highest BCUT2D eigenvalue weighted by molar-refractivity contribution is 6.27. The zero-order chi connectivity index (χ0) is 19.6. The smallest absolute Gasteiger partial charge is 0.308 e. The fraction of sp³-hybridized carbons (Fsp3) is 0.235. The summed E-state index contributed by atoms with van der Waals surface area (Å²) < 4.78 is 19.6. The largest absolute Gasteiger partial charge is 0.497 e. The summed E-state index contributed by atoms with van der Waals surface area (Å²) in [6.07, 6.45) is 0. The summed E-state index contributed by atoms with van der Waals surface area (Å²) >= 11 is 0. The topological polar surface area (TPSA) is 122 Å². The van der Waals surface area contributed by atoms with Crippen molar-refractivity contribution in [2.45, 2.75) is 20.8 Å². The minimum absolute atomic E-state index is 0.124. The number of methoxy groups -OCH3 is 1. The van der Waals surface area contributed by atoms with Crippen molar-refractivity contribution in [2.24, 2.45) is 0 Å². The van der Waals surface area contributed by atoms with Gasteiger partial charge in [-0.2, -0.15) is 0 Å². The lowest BCUT2D eigenvalue weighted by atomic mass is 9.91. The summed E-state index contributed by atoms with van der Waals surface area (Å²) in [7, 11) is 1.31. The van der Waals surface area contributed by atoms with Crippen LogP contribution in [0, 0.1) is 0 Å². The molecule has 9 heteroatoms. The van der Waals surface area contributed by atoms with Gasteiger partial charge in [0.1, 0.15) is 11.5 Å². The Balaban J connectivity index is 2.75. The summed E-state index contributed by atoms with van der Waals surface area (Å²) in [5.74, 6) is -6.02. The number of esters is 3. The molecule has 0 unspecified atom stereocenters. The molecule has 136 valence electrons. The molecule has 0 N–H and O–H groups in total. The van der Waals surface area contributed by atoms with Gasteiger partial charge in [-0.25, -0.2) is 0 Å². The average molecular weight is 362 g/mol. The van der Waals surface area contributed by atoms with Crippen LogP contribution in [0.5, 0.6) is 11.5 Å². The zero-order valence-electron chi connectivity index (χ0n) is 14.3. The van der Waals surface area contributed by atoms with Gasteiger partial charge in [-0.3, -0.25) is 24.0 Å². The number of ketones is 2. The maximum absolute atomic E-state index is 12.8. The molecule has 2 rings (SSSR count). The van der Waals surface area contributed by atoms with Crippen LogP contribution < -0.4 is 9.47 Å². The second-order valence-electron chi connectivity index (χ2n) is 5.15. The first kappa shape index (κ1) is 18.8. The normalized spacial score (nSPS) is 13.1. The van der Waals surface area contributed by atoms with Crippen molar-refractivity contribution in [3.05, 3.63) is 34.8 Å². The first-order chi connectivity index (χ1) is 12.1. The Bertz CT molecular complexity index is 876. The molecular formula is C17H14O9. The van der Waals surface area contributed by atoms with Gasteiger partial charge in [0.15, 0.2) is 0 Å². The van der Waals surface area contributed by atoms with Crippen molar-refractivity contribution in [1.29, 1.82) is 0 Å². The zero-order valence-corrected chi connectivity index (χ0v) is 14.3. The molecule has 0 amide bonds. The minimum Gasteiger partial charge on any atom is -0.497 e. The molecule has 0 saturated carbocycles. The van der Waals surface area contributed by atoms with Crippen LogP contribution in [0.1, 0.15) is 41.5 Å². The third-order valence-electron chi connectivity index (χ3n) is 3.15. The van der Waals surface area contributed by atoms with Crippen molar-refractivity contribution in [3.63, 3.8) is 0 Å². The number of benzene rings is 1. The van der Waals surface area contributed by atoms with Crippen LogP contribution in [0.3, 0.4) is 0 Å². The lowest BCUT2D eigenvalue weighted by Gasteiger charge is -2.21. The van der Waals surface area contributed by atoms with Crippen molar-refractivity contribution in [3.8, 4) is 11.5 Å². The molecule has 0 atom stereocenters. The molecule has 0 radical (unpaired) electrons. The van der Waals surface area contributed by atoms with E-state index in [9.17, 15) is 24.0 Å². The lowest BCUT2D eigenvalue weighted by molar-refractivity contribution is -0.140. The van der Waals surface area contributed by atoms with E-state index in [4.69, 9.17) is 18.9 Å². The van der Waals surface area contributed by atoms with Crippen LogP contribution in [-0.4, -0.2) is 36.6 Å². The Hall–Kier alpha value is -3.49. The summed E-state index contributed by atoms with van der Waals surface area (Å²) in [4.78, 5) is 59.4. The van der Waals surface area contributed by atoms with E-state index in [2.05, 4.69) is 0 Å². The van der Waals surface area contributed by atoms with E-state index in [1.165, 1.54) is 19.2 Å². The second kappa shape index (κ2) is 7.18. The number of rotatable bonds is 4. The monoisotopic (exact) mass is 362 g/mol. The molecule has 26 heavy (non-hydrogen) atoms. The third-order valence-corrected chi connectivity index (χ3v) is 3.15. The van der Waals surface area contributed by atoms with E-state index < -0.39 is 41.0 Å². The molecule has 9 nitrogen and oxygen atoms in total. The van der Waals surface area contributed by atoms with Crippen molar-refractivity contribution >= 4 is 29.5 Å². The van der Waals surface area contributed by atoms with Crippen molar-refractivity contribution in [2.75, 3.05) is 7.11 Å². The highest BCUT2D eigenvalue weighted by atomic mass is 16.6. The average Bonchev–Trinajstić information content (AvgIpc) is 2.53. The number of hydrogen-bond donors (Lipinski definition) is 0. The van der Waals surface area contributed by atoms with Gasteiger partial charge in [-0.1, -0.05) is 0 Å². The fourth-order valence-corrected chi connectivity index (χ4v) is 2.27. The Morgan fingerprint density at radius 3 is 1.73 bits per heavy atom. The summed E-state index contributed by atoms with van der Waals surface area (Å²) in [5, 5.41) is 0. The Morgan fingerprint density at radius 1 is 0.769 bits per heavy atom. The van der Waals surface area contributed by atoms with Crippen LogP contribution in [0.25, 0.3) is 0 Å². The maximum atomic E-state index is 12.8. The SMILES string of the molecule is COc1cc(OC(C)=O)c2c(c1)C(=O)C(OC(C)=O)=C(OC(C)=O)C2=O. The summed E-state index contributed by atoms with van der Waals surface area (Å²) in [6, 6.07) is 2.45. The third kappa shape index (κ3) is 3.61. The van der Waals surface area contributed by atoms with Gasteiger partial charge >= 0.3 is 17.9 Å². The van der Waals surface area contributed by atoms with E-state index in [1.54, 1.807) is 0 Å². The molecule has 0 heterocycles. The standard InChI is InChI=1S/C17H14O9/c1-7(18)24-12-6-10(23-4)5-11-13(12)15(22)17(26-9(3)20)16(14(11)21)25-8(2)19/h5-6H,1-4H3. The molecule has 0 saturated heterocycles. The van der Waals surface area contributed by atoms with Crippen LogP contribution in [0.4, 0.5) is 0 Å². The van der Waals surface area contributed by atoms with E-state index in [0.717, 1.165) is 20.8 Å². The van der Waals surface area contributed by atoms with Gasteiger partial charge in [0, 0.05) is 32.4 Å². The summed E-state index contributed by atoms with van der Waals surface area (Å²) in [5.41, 5.74) is -0.532. The molecule has 1 aromatic rings. The van der Waals surface area contributed by atoms with Crippen LogP contribution in [0.2, 0.25) is 0 Å². The Kier molecular flexibility index (Phi) is 5.20. The Labute approximate surface area is 147 Å². The number of Topliss-reactive ketones (excluding diaryl/α,β-unsaturated/α-hetero) is 2. The van der Waals surface area contributed by atoms with E-state index in [-0.39, 0.29) is 22.6 Å². The molecule has 1 aromatic carbocycles. The fourth-order valence-electron chi connectivity index (χ4n) is 2.27. The number of carbonyl (C=O) groups excluding carboxylic acids is 5. The number of allylic oxidation sites excluding steroid dienone is 2. The number of fused-ring (bicyclic) bond motifs is 1. The highest BCUT2D eigenvalue weighted by Crippen LogP contribution is 2.37. The van der Waals surface area contributed by atoms with Gasteiger partial charge in [-0.05, 0) is 6.07 Å². The number of ether oxygens (including phenoxy) is 4. The van der Waals surface area contributed by atoms with Gasteiger partial charge in [-0.15, -0.1) is 0 Å². The molecule has 0 aliphatic heterocycles. The summed E-state index contributed by atoms with van der Waals surface area (Å²) in [6.45, 7) is 3.13. The highest BCUT2D eigenvalue weighted by Gasteiger charge is 2.40. The molecule has 0 spiro atoms. The Morgan fingerprint density at radius 2 is 1.27 bits per heavy atom. The number of carbonyl (C=O) groups is 5. The predicted octanol–water partition coefficient (Wildman–Crippen LogP) is 1.34. The quantitative estimate of drug-likeness (QED) is 0.576. The molecule has 1 aliphatic carbocycles. The molecular weight excluding hydrogens is 348 g/mol. The van der Waals surface area contributed by atoms with E-state index in [0.29, 0.717) is 0 Å². The minimum atomic E-state index is -0.954. The van der Waals surface area contributed by atoms with Gasteiger partial charge in [0.2, 0.25) is 23.1 Å². The molecule has 0 fully saturated rings. The van der Waals surface area contributed by atoms with Gasteiger partial charge < -0.3 is 18.9 Å². The van der Waals surface area contributed by atoms with Crippen LogP contribution >= 0.6 is 0 Å². The molecule has 1 aliphatic rings. The molecule has 0 bridgehead atoms. The van der Waals surface area contributed by atoms with Crippen molar-refractivity contribution < 1.29 is 42.9 Å². The van der Waals surface area contributed by atoms with E-state index in [1.807, 2.05) is 0 Å². The first-order valence-electron chi connectivity index (χ1n) is 7.26. The maximum Gasteiger partial charge on any atom is 0.308 e. The van der Waals surface area contributed by atoms with Gasteiger partial charge in [0.25, 0.3) is 0 Å². The van der Waals surface area contributed by atoms with Crippen LogP contribution in [-0.2, 0) is 23.9 Å². The van der Waals surface area contributed by atoms with E-state index >= 15 is 0 Å². The van der Waals surface area contributed by atoms with Gasteiger partial charge in [0.05, 0.1) is 12.7 Å². The predicted molar refractivity (Wildman–Crippen MR) is 83.5 cm³/mol. The lowest BCUT2D eigenvalue weighted by Crippen LogP contribution is -2.28. The first-order valence-corrected chi connectivity index (χ1v) is 7.26. The second-order valence-corrected chi connectivity index (χ2v) is 5.15. The number of hydrogen-bond acceptors (Lipinski definition) is 9. The van der Waals surface area contributed by atoms with Crippen molar-refractivity contribution in [1.82, 2.24) is 0 Å². The van der Waals surface area contributed by atoms with Crippen LogP contribution in [0.15, 0.2) is 23.7 Å². The molecule has 0 aromatic heterocycles.